The molecule has 2 aromatic rings. The van der Waals surface area contributed by atoms with Crippen LogP contribution in [0.1, 0.15) is 32.7 Å². The summed E-state index contributed by atoms with van der Waals surface area (Å²) in [4.78, 5) is 37.6. The van der Waals surface area contributed by atoms with E-state index in [0.29, 0.717) is 29.8 Å². The number of halogens is 1. The lowest BCUT2D eigenvalue weighted by Gasteiger charge is -2.14. The van der Waals surface area contributed by atoms with E-state index in [1.54, 1.807) is 30.3 Å². The van der Waals surface area contributed by atoms with Crippen LogP contribution in [-0.2, 0) is 0 Å². The number of anilines is 1. The minimum Gasteiger partial charge on any atom is -0.338 e. The van der Waals surface area contributed by atoms with Crippen LogP contribution in [0.25, 0.3) is 0 Å². The average molecular weight is 416 g/mol. The first-order chi connectivity index (χ1) is 12.5. The highest BCUT2D eigenvalue weighted by Gasteiger charge is 2.34. The Hall–Kier alpha value is -2.67. The first-order valence-corrected chi connectivity index (χ1v) is 9.03. The summed E-state index contributed by atoms with van der Waals surface area (Å²) in [7, 11) is 0. The Balaban J connectivity index is 1.46. The van der Waals surface area contributed by atoms with E-state index in [0.717, 1.165) is 10.0 Å². The Bertz CT molecular complexity index is 847. The van der Waals surface area contributed by atoms with Crippen LogP contribution in [0.3, 0.4) is 0 Å². The number of hydrogen-bond donors (Lipinski definition) is 2. The number of aryl methyl sites for hydroxylation is 1. The van der Waals surface area contributed by atoms with E-state index in [2.05, 4.69) is 26.6 Å². The van der Waals surface area contributed by atoms with Gasteiger partial charge >= 0.3 is 6.03 Å². The minimum absolute atomic E-state index is 0.268. The van der Waals surface area contributed by atoms with Crippen molar-refractivity contribution in [2.75, 3.05) is 18.4 Å². The topological polar surface area (TPSA) is 78.5 Å². The van der Waals surface area contributed by atoms with Crippen LogP contribution in [0, 0.1) is 6.92 Å². The summed E-state index contributed by atoms with van der Waals surface area (Å²) in [5.41, 5.74) is 2.60. The zero-order valence-corrected chi connectivity index (χ0v) is 15.8. The van der Waals surface area contributed by atoms with Gasteiger partial charge in [0.25, 0.3) is 11.8 Å². The van der Waals surface area contributed by atoms with Crippen LogP contribution in [0.2, 0.25) is 0 Å². The van der Waals surface area contributed by atoms with Crippen molar-refractivity contribution in [3.8, 4) is 0 Å². The number of carbonyl (C=O) groups excluding carboxylic acids is 3. The molecule has 0 fully saturated rings. The predicted molar refractivity (Wildman–Crippen MR) is 102 cm³/mol. The zero-order chi connectivity index (χ0) is 18.7. The molecular formula is C19H18BrN3O3. The zero-order valence-electron chi connectivity index (χ0n) is 14.2. The van der Waals surface area contributed by atoms with Gasteiger partial charge in [-0.25, -0.2) is 4.79 Å². The molecule has 6 nitrogen and oxygen atoms in total. The molecule has 134 valence electrons. The molecule has 0 spiro atoms. The monoisotopic (exact) mass is 415 g/mol. The number of carbonyl (C=O) groups is 3. The van der Waals surface area contributed by atoms with E-state index >= 15 is 0 Å². The minimum atomic E-state index is -0.325. The van der Waals surface area contributed by atoms with Gasteiger partial charge in [0.15, 0.2) is 0 Å². The maximum absolute atomic E-state index is 12.2. The Kier molecular flexibility index (Phi) is 5.37. The lowest BCUT2D eigenvalue weighted by Crippen LogP contribution is -2.35. The second kappa shape index (κ2) is 7.70. The van der Waals surface area contributed by atoms with E-state index < -0.39 is 0 Å². The van der Waals surface area contributed by atoms with Gasteiger partial charge in [0.05, 0.1) is 11.1 Å². The van der Waals surface area contributed by atoms with Crippen LogP contribution in [0.5, 0.6) is 0 Å². The van der Waals surface area contributed by atoms with E-state index in [1.165, 1.54) is 4.90 Å². The van der Waals surface area contributed by atoms with E-state index in [4.69, 9.17) is 0 Å². The number of benzene rings is 2. The third kappa shape index (κ3) is 3.77. The number of imide groups is 1. The average Bonchev–Trinajstić information content (AvgIpc) is 2.87. The largest absolute Gasteiger partial charge is 0.338 e. The molecule has 3 rings (SSSR count). The maximum atomic E-state index is 12.2. The molecule has 0 radical (unpaired) electrons. The summed E-state index contributed by atoms with van der Waals surface area (Å²) in [6.45, 7) is 2.56. The highest BCUT2D eigenvalue weighted by atomic mass is 79.9. The number of nitrogens with one attached hydrogen (secondary N) is 2. The molecule has 0 bridgehead atoms. The number of fused-ring (bicyclic) bond motifs is 1. The summed E-state index contributed by atoms with van der Waals surface area (Å²) in [6.07, 6.45) is 0.484. The van der Waals surface area contributed by atoms with Gasteiger partial charge in [-0.1, -0.05) is 28.1 Å². The normalized spacial score (nSPS) is 12.9. The molecule has 1 aliphatic heterocycles. The molecule has 0 atom stereocenters. The summed E-state index contributed by atoms with van der Waals surface area (Å²) in [5, 5.41) is 5.48. The summed E-state index contributed by atoms with van der Waals surface area (Å²) >= 11 is 3.41. The van der Waals surface area contributed by atoms with Crippen LogP contribution < -0.4 is 10.6 Å². The van der Waals surface area contributed by atoms with Crippen LogP contribution >= 0.6 is 15.9 Å². The van der Waals surface area contributed by atoms with Crippen molar-refractivity contribution in [3.05, 3.63) is 63.6 Å². The van der Waals surface area contributed by atoms with Crippen molar-refractivity contribution in [3.63, 3.8) is 0 Å². The third-order valence-electron chi connectivity index (χ3n) is 4.14. The van der Waals surface area contributed by atoms with Gasteiger partial charge in [-0.15, -0.1) is 0 Å². The lowest BCUT2D eigenvalue weighted by molar-refractivity contribution is 0.0653. The first-order valence-electron chi connectivity index (χ1n) is 8.23. The Labute approximate surface area is 159 Å². The van der Waals surface area contributed by atoms with E-state index in [9.17, 15) is 14.4 Å². The third-order valence-corrected chi connectivity index (χ3v) is 5.03. The fourth-order valence-electron chi connectivity index (χ4n) is 2.78. The number of amides is 4. The smallest absolute Gasteiger partial charge is 0.319 e. The molecule has 2 aromatic carbocycles. The number of hydrogen-bond acceptors (Lipinski definition) is 3. The summed E-state index contributed by atoms with van der Waals surface area (Å²) < 4.78 is 0.976. The van der Waals surface area contributed by atoms with Crippen molar-refractivity contribution < 1.29 is 14.4 Å². The number of urea groups is 1. The van der Waals surface area contributed by atoms with Crippen LogP contribution in [0.4, 0.5) is 10.5 Å². The SMILES string of the molecule is Cc1cc(NC(=O)NCCCN2C(=O)c3ccccc3C2=O)ccc1Br. The molecule has 0 aliphatic carbocycles. The molecule has 26 heavy (non-hydrogen) atoms. The Morgan fingerprint density at radius 3 is 2.35 bits per heavy atom. The molecule has 2 N–H and O–H groups in total. The molecule has 1 heterocycles. The standard InChI is InChI=1S/C19H18BrN3O3/c1-12-11-13(7-8-16(12)20)22-19(26)21-9-4-10-23-17(24)14-5-2-3-6-15(14)18(23)25/h2-3,5-8,11H,4,9-10H2,1H3,(H2,21,22,26). The number of rotatable bonds is 5. The molecular weight excluding hydrogens is 398 g/mol. The van der Waals surface area contributed by atoms with Gasteiger partial charge in [-0.05, 0) is 49.2 Å². The van der Waals surface area contributed by atoms with Gasteiger partial charge in [0.1, 0.15) is 0 Å². The fraction of sp³-hybridized carbons (Fsp3) is 0.211. The molecule has 0 unspecified atom stereocenters. The molecule has 1 aliphatic rings. The number of nitrogens with zero attached hydrogens (tertiary/aromatic N) is 1. The first kappa shape index (κ1) is 18.1. The van der Waals surface area contributed by atoms with Gasteiger partial charge in [-0.2, -0.15) is 0 Å². The van der Waals surface area contributed by atoms with Gasteiger partial charge in [0, 0.05) is 23.2 Å². The van der Waals surface area contributed by atoms with Gasteiger partial charge in [0.2, 0.25) is 0 Å². The molecule has 4 amide bonds. The lowest BCUT2D eigenvalue weighted by atomic mass is 10.1. The molecule has 0 aromatic heterocycles. The quantitative estimate of drug-likeness (QED) is 0.578. The van der Waals surface area contributed by atoms with Crippen molar-refractivity contribution in [2.45, 2.75) is 13.3 Å². The second-order valence-corrected chi connectivity index (χ2v) is 6.86. The molecule has 7 heteroatoms. The van der Waals surface area contributed by atoms with E-state index in [1.807, 2.05) is 19.1 Å². The highest BCUT2D eigenvalue weighted by molar-refractivity contribution is 9.10. The second-order valence-electron chi connectivity index (χ2n) is 6.01. The van der Waals surface area contributed by atoms with Crippen LogP contribution in [-0.4, -0.2) is 35.8 Å². The fourth-order valence-corrected chi connectivity index (χ4v) is 3.03. The van der Waals surface area contributed by atoms with Crippen LogP contribution in [0.15, 0.2) is 46.9 Å². The van der Waals surface area contributed by atoms with Crippen molar-refractivity contribution in [1.82, 2.24) is 10.2 Å². The summed E-state index contributed by atoms with van der Waals surface area (Å²) in [6, 6.07) is 12.0. The Morgan fingerprint density at radius 1 is 1.08 bits per heavy atom. The van der Waals surface area contributed by atoms with Crippen molar-refractivity contribution in [1.29, 1.82) is 0 Å². The summed E-state index contributed by atoms with van der Waals surface area (Å²) in [5.74, 6) is -0.555. The molecule has 0 saturated heterocycles. The maximum Gasteiger partial charge on any atom is 0.319 e. The van der Waals surface area contributed by atoms with Crippen molar-refractivity contribution >= 4 is 39.5 Å². The highest BCUT2D eigenvalue weighted by Crippen LogP contribution is 2.22. The predicted octanol–water partition coefficient (Wildman–Crippen LogP) is 3.57. The van der Waals surface area contributed by atoms with E-state index in [-0.39, 0.29) is 24.4 Å². The van der Waals surface area contributed by atoms with Crippen molar-refractivity contribution in [2.24, 2.45) is 0 Å². The van der Waals surface area contributed by atoms with Gasteiger partial charge < -0.3 is 10.6 Å². The Morgan fingerprint density at radius 2 is 1.73 bits per heavy atom. The molecule has 0 saturated carbocycles. The van der Waals surface area contributed by atoms with Gasteiger partial charge in [-0.3, -0.25) is 14.5 Å².